The maximum atomic E-state index is 13.4. The summed E-state index contributed by atoms with van der Waals surface area (Å²) in [5.41, 5.74) is -1.66. The van der Waals surface area contributed by atoms with E-state index in [0.29, 0.717) is 0 Å². The molecule has 0 amide bonds. The zero-order valence-electron chi connectivity index (χ0n) is 10.6. The molecule has 106 valence electrons. The summed E-state index contributed by atoms with van der Waals surface area (Å²) in [6.45, 7) is 3.07. The van der Waals surface area contributed by atoms with E-state index in [1.54, 1.807) is 0 Å². The van der Waals surface area contributed by atoms with Gasteiger partial charge in [0.05, 0.1) is 0 Å². The summed E-state index contributed by atoms with van der Waals surface area (Å²) in [5, 5.41) is 8.36. The largest absolute Gasteiger partial charge is 0.480 e. The van der Waals surface area contributed by atoms with E-state index in [4.69, 9.17) is 5.11 Å². The molecular formula is C11H15FN2O4S. The van der Waals surface area contributed by atoms with Crippen LogP contribution < -0.4 is 4.72 Å². The molecule has 0 aliphatic rings. The van der Waals surface area contributed by atoms with Crippen molar-refractivity contribution in [3.63, 3.8) is 0 Å². The van der Waals surface area contributed by atoms with E-state index in [1.165, 1.54) is 19.9 Å². The number of pyridine rings is 1. The molecule has 0 bridgehead atoms. The first-order valence-electron chi connectivity index (χ1n) is 5.67. The van der Waals surface area contributed by atoms with Gasteiger partial charge < -0.3 is 5.11 Å². The summed E-state index contributed by atoms with van der Waals surface area (Å²) < 4.78 is 39.5. The highest BCUT2D eigenvalue weighted by atomic mass is 32.2. The molecule has 0 spiro atoms. The normalized spacial score (nSPS) is 12.4. The van der Waals surface area contributed by atoms with Crippen LogP contribution in [0.2, 0.25) is 0 Å². The van der Waals surface area contributed by atoms with Crippen LogP contribution in [-0.2, 0) is 14.8 Å². The van der Waals surface area contributed by atoms with Crippen LogP contribution in [0.25, 0.3) is 0 Å². The third-order valence-corrected chi connectivity index (χ3v) is 4.39. The third-order valence-electron chi connectivity index (χ3n) is 2.93. The van der Waals surface area contributed by atoms with E-state index in [9.17, 15) is 17.6 Å². The summed E-state index contributed by atoms with van der Waals surface area (Å²) in [4.78, 5) is 14.7. The van der Waals surface area contributed by atoms with Gasteiger partial charge in [0.1, 0.15) is 5.54 Å². The quantitative estimate of drug-likeness (QED) is 0.819. The van der Waals surface area contributed by atoms with Gasteiger partial charge in [-0.05, 0) is 25.0 Å². The Hall–Kier alpha value is -1.54. The Morgan fingerprint density at radius 1 is 1.47 bits per heavy atom. The van der Waals surface area contributed by atoms with Crippen molar-refractivity contribution in [2.24, 2.45) is 0 Å². The van der Waals surface area contributed by atoms with Crippen LogP contribution in [-0.4, -0.2) is 30.0 Å². The average Bonchev–Trinajstić information content (AvgIpc) is 2.36. The van der Waals surface area contributed by atoms with Gasteiger partial charge in [0, 0.05) is 6.20 Å². The second-order valence-electron chi connectivity index (χ2n) is 3.99. The Kier molecular flexibility index (Phi) is 4.59. The molecule has 0 saturated carbocycles. The summed E-state index contributed by atoms with van der Waals surface area (Å²) in [5.74, 6) is -2.33. The monoisotopic (exact) mass is 290 g/mol. The fraction of sp³-hybridized carbons (Fsp3) is 0.455. The summed E-state index contributed by atoms with van der Waals surface area (Å²) in [7, 11) is -4.33. The number of carbonyl (C=O) groups is 1. The number of aliphatic carboxylic acids is 1. The van der Waals surface area contributed by atoms with Crippen molar-refractivity contribution in [3.05, 3.63) is 24.1 Å². The lowest BCUT2D eigenvalue weighted by molar-refractivity contribution is -0.144. The van der Waals surface area contributed by atoms with E-state index in [2.05, 4.69) is 4.98 Å². The van der Waals surface area contributed by atoms with E-state index in [-0.39, 0.29) is 12.8 Å². The Labute approximate surface area is 110 Å². The van der Waals surface area contributed by atoms with Gasteiger partial charge in [-0.1, -0.05) is 13.8 Å². The van der Waals surface area contributed by atoms with Crippen LogP contribution in [0.4, 0.5) is 4.39 Å². The smallest absolute Gasteiger partial charge is 0.324 e. The first-order valence-corrected chi connectivity index (χ1v) is 7.15. The van der Waals surface area contributed by atoms with Crippen LogP contribution in [0.3, 0.4) is 0 Å². The molecule has 1 heterocycles. The Bertz CT molecular complexity index is 570. The number of hydrogen-bond donors (Lipinski definition) is 2. The Morgan fingerprint density at radius 3 is 2.47 bits per heavy atom. The second kappa shape index (κ2) is 5.62. The van der Waals surface area contributed by atoms with Gasteiger partial charge in [0.25, 0.3) is 10.0 Å². The number of nitrogens with zero attached hydrogens (tertiary/aromatic N) is 1. The number of halogens is 1. The van der Waals surface area contributed by atoms with E-state index in [0.717, 1.165) is 12.3 Å². The maximum absolute atomic E-state index is 13.4. The molecule has 0 radical (unpaired) electrons. The fourth-order valence-corrected chi connectivity index (χ4v) is 3.13. The molecule has 6 nitrogen and oxygen atoms in total. The molecule has 0 unspecified atom stereocenters. The van der Waals surface area contributed by atoms with Crippen LogP contribution >= 0.6 is 0 Å². The third kappa shape index (κ3) is 3.07. The molecule has 2 N–H and O–H groups in total. The fourth-order valence-electron chi connectivity index (χ4n) is 1.61. The maximum Gasteiger partial charge on any atom is 0.324 e. The van der Waals surface area contributed by atoms with Crippen LogP contribution in [0.1, 0.15) is 26.7 Å². The molecule has 0 aliphatic heterocycles. The zero-order valence-corrected chi connectivity index (χ0v) is 11.4. The minimum Gasteiger partial charge on any atom is -0.480 e. The minimum absolute atomic E-state index is 0.0342. The topological polar surface area (TPSA) is 96.4 Å². The SMILES string of the molecule is CCC(CC)(NS(=O)(=O)c1ncccc1F)C(=O)O. The number of rotatable bonds is 6. The van der Waals surface area contributed by atoms with Crippen molar-refractivity contribution < 1.29 is 22.7 Å². The molecule has 19 heavy (non-hydrogen) atoms. The summed E-state index contributed by atoms with van der Waals surface area (Å²) >= 11 is 0. The second-order valence-corrected chi connectivity index (χ2v) is 5.59. The van der Waals surface area contributed by atoms with E-state index < -0.39 is 32.4 Å². The molecular weight excluding hydrogens is 275 g/mol. The molecule has 0 atom stereocenters. The van der Waals surface area contributed by atoms with Gasteiger partial charge in [-0.2, -0.15) is 4.72 Å². The van der Waals surface area contributed by atoms with Crippen LogP contribution in [0.15, 0.2) is 23.4 Å². The molecule has 1 aromatic rings. The summed E-state index contributed by atoms with van der Waals surface area (Å²) in [6, 6.07) is 2.19. The van der Waals surface area contributed by atoms with E-state index >= 15 is 0 Å². The highest BCUT2D eigenvalue weighted by Crippen LogP contribution is 2.20. The van der Waals surface area contributed by atoms with Gasteiger partial charge in [-0.25, -0.2) is 17.8 Å². The predicted octanol–water partition coefficient (Wildman–Crippen LogP) is 1.14. The van der Waals surface area contributed by atoms with Crippen molar-refractivity contribution in [3.8, 4) is 0 Å². The predicted molar refractivity (Wildman–Crippen MR) is 65.5 cm³/mol. The Morgan fingerprint density at radius 2 is 2.05 bits per heavy atom. The van der Waals surface area contributed by atoms with Crippen molar-refractivity contribution >= 4 is 16.0 Å². The molecule has 0 aliphatic carbocycles. The lowest BCUT2D eigenvalue weighted by Crippen LogP contribution is -2.53. The van der Waals surface area contributed by atoms with Gasteiger partial charge in [-0.15, -0.1) is 0 Å². The van der Waals surface area contributed by atoms with Crippen molar-refractivity contribution in [1.82, 2.24) is 9.71 Å². The first kappa shape index (κ1) is 15.5. The highest BCUT2D eigenvalue weighted by molar-refractivity contribution is 7.89. The average molecular weight is 290 g/mol. The highest BCUT2D eigenvalue weighted by Gasteiger charge is 2.40. The summed E-state index contributed by atoms with van der Waals surface area (Å²) in [6.07, 6.45) is 1.19. The van der Waals surface area contributed by atoms with Gasteiger partial charge in [0.15, 0.2) is 5.82 Å². The number of hydrogen-bond acceptors (Lipinski definition) is 4. The van der Waals surface area contributed by atoms with Gasteiger partial charge in [-0.3, -0.25) is 4.79 Å². The van der Waals surface area contributed by atoms with Gasteiger partial charge in [0.2, 0.25) is 5.03 Å². The van der Waals surface area contributed by atoms with Crippen molar-refractivity contribution in [2.75, 3.05) is 0 Å². The number of carboxylic acids is 1. The number of carboxylic acid groups (broad SMARTS) is 1. The van der Waals surface area contributed by atoms with Crippen molar-refractivity contribution in [1.29, 1.82) is 0 Å². The first-order chi connectivity index (χ1) is 8.79. The molecule has 8 heteroatoms. The number of sulfonamides is 1. The van der Waals surface area contributed by atoms with Crippen LogP contribution in [0, 0.1) is 5.82 Å². The lowest BCUT2D eigenvalue weighted by Gasteiger charge is -2.27. The molecule has 0 fully saturated rings. The van der Waals surface area contributed by atoms with Crippen molar-refractivity contribution in [2.45, 2.75) is 37.3 Å². The molecule has 1 aromatic heterocycles. The molecule has 1 rings (SSSR count). The number of aromatic nitrogens is 1. The van der Waals surface area contributed by atoms with Gasteiger partial charge >= 0.3 is 5.97 Å². The van der Waals surface area contributed by atoms with Crippen LogP contribution in [0.5, 0.6) is 0 Å². The zero-order chi connectivity index (χ0) is 14.7. The molecule has 0 aromatic carbocycles. The molecule has 0 saturated heterocycles. The Balaban J connectivity index is 3.23. The van der Waals surface area contributed by atoms with E-state index in [1.807, 2.05) is 4.72 Å². The lowest BCUT2D eigenvalue weighted by atomic mass is 9.95. The standard InChI is InChI=1S/C11H15FN2O4S/c1-3-11(4-2,10(15)16)14-19(17,18)9-8(12)6-5-7-13-9/h5-7,14H,3-4H2,1-2H3,(H,15,16). The number of nitrogens with one attached hydrogen (secondary N) is 1. The minimum atomic E-state index is -4.33.